The fraction of sp³-hybridized carbons (Fsp3) is 1.00. The van der Waals surface area contributed by atoms with Gasteiger partial charge < -0.3 is 30.6 Å². The van der Waals surface area contributed by atoms with Gasteiger partial charge in [-0.25, -0.2) is 0 Å². The molecule has 6 nitrogen and oxygen atoms in total. The zero-order valence-corrected chi connectivity index (χ0v) is 6.58. The first-order valence-corrected chi connectivity index (χ1v) is 3.41. The Bertz CT molecular complexity index is 126. The Kier molecular flexibility index (Phi) is 4.04. The summed E-state index contributed by atoms with van der Waals surface area (Å²) in [5.74, 6) is 0. The highest BCUT2D eigenvalue weighted by Crippen LogP contribution is 2.18. The van der Waals surface area contributed by atoms with Gasteiger partial charge >= 0.3 is 0 Å². The van der Waals surface area contributed by atoms with Crippen LogP contribution in [0.5, 0.6) is 0 Å². The van der Waals surface area contributed by atoms with Crippen LogP contribution >= 0.6 is 0 Å². The minimum absolute atomic E-state index is 0. The smallest absolute Gasteiger partial charge is 0.183 e. The number of ether oxygens (including phenoxy) is 1. The maximum atomic E-state index is 9.09. The van der Waals surface area contributed by atoms with Crippen molar-refractivity contribution >= 4 is 0 Å². The molecule has 0 aromatic carbocycles. The van der Waals surface area contributed by atoms with Gasteiger partial charge in [-0.1, -0.05) is 0 Å². The van der Waals surface area contributed by atoms with Crippen molar-refractivity contribution in [2.24, 2.45) is 0 Å². The van der Waals surface area contributed by atoms with Crippen molar-refractivity contribution in [3.63, 3.8) is 0 Å². The minimum atomic E-state index is -1.43. The summed E-state index contributed by atoms with van der Waals surface area (Å²) in [7, 11) is 0. The van der Waals surface area contributed by atoms with E-state index in [2.05, 4.69) is 4.74 Å². The van der Waals surface area contributed by atoms with Gasteiger partial charge in [-0.3, -0.25) is 0 Å². The van der Waals surface area contributed by atoms with Crippen LogP contribution in [0, 0.1) is 0 Å². The fourth-order valence-electron chi connectivity index (χ4n) is 1.03. The second-order valence-corrected chi connectivity index (χ2v) is 2.70. The van der Waals surface area contributed by atoms with E-state index in [1.807, 2.05) is 0 Å². The Hall–Kier alpha value is -0.240. The molecule has 0 aliphatic carbocycles. The lowest BCUT2D eigenvalue weighted by Gasteiger charge is -2.36. The van der Waals surface area contributed by atoms with E-state index in [0.717, 1.165) is 0 Å². The molecule has 6 heteroatoms. The maximum absolute atomic E-state index is 9.09. The van der Waals surface area contributed by atoms with Crippen LogP contribution in [0.25, 0.3) is 0 Å². The fourth-order valence-corrected chi connectivity index (χ4v) is 1.03. The molecule has 1 rings (SSSR count). The highest BCUT2D eigenvalue weighted by molar-refractivity contribution is 4.86. The number of rotatable bonds is 0. The Morgan fingerprint density at radius 3 is 1.92 bits per heavy atom. The van der Waals surface area contributed by atoms with Crippen molar-refractivity contribution in [1.82, 2.24) is 0 Å². The van der Waals surface area contributed by atoms with Gasteiger partial charge in [0.05, 0.1) is 6.10 Å². The molecule has 0 bridgehead atoms. The first-order chi connectivity index (χ1) is 5.04. The van der Waals surface area contributed by atoms with Crippen LogP contribution in [0.4, 0.5) is 0 Å². The Labute approximate surface area is 69.3 Å². The molecular formula is C6H14O6. The molecule has 0 aromatic rings. The Morgan fingerprint density at radius 2 is 1.42 bits per heavy atom. The molecule has 0 saturated carbocycles. The molecule has 6 N–H and O–H groups in total. The average molecular weight is 182 g/mol. The summed E-state index contributed by atoms with van der Waals surface area (Å²) >= 11 is 0. The number of hydrogen-bond donors (Lipinski definition) is 4. The van der Waals surface area contributed by atoms with E-state index >= 15 is 0 Å². The van der Waals surface area contributed by atoms with Crippen molar-refractivity contribution < 1.29 is 30.6 Å². The van der Waals surface area contributed by atoms with Gasteiger partial charge in [-0.05, 0) is 6.92 Å². The first kappa shape index (κ1) is 11.8. The van der Waals surface area contributed by atoms with Crippen LogP contribution in [0.2, 0.25) is 0 Å². The zero-order valence-electron chi connectivity index (χ0n) is 6.58. The van der Waals surface area contributed by atoms with E-state index < -0.39 is 30.7 Å². The van der Waals surface area contributed by atoms with E-state index in [-0.39, 0.29) is 5.48 Å². The van der Waals surface area contributed by atoms with E-state index in [0.29, 0.717) is 0 Å². The number of aliphatic hydroxyl groups is 4. The van der Waals surface area contributed by atoms with Crippen LogP contribution in [0.15, 0.2) is 0 Å². The molecule has 74 valence electrons. The molecule has 1 fully saturated rings. The summed E-state index contributed by atoms with van der Waals surface area (Å²) in [6.07, 6.45) is -5.99. The number of aliphatic hydroxyl groups excluding tert-OH is 4. The molecule has 0 amide bonds. The third-order valence-electron chi connectivity index (χ3n) is 1.83. The van der Waals surface area contributed by atoms with Crippen molar-refractivity contribution in [3.05, 3.63) is 0 Å². The summed E-state index contributed by atoms with van der Waals surface area (Å²) in [6, 6.07) is 0. The average Bonchev–Trinajstić information content (AvgIpc) is 1.97. The molecular weight excluding hydrogens is 168 g/mol. The largest absolute Gasteiger partial charge is 0.412 e. The molecule has 0 spiro atoms. The molecule has 12 heavy (non-hydrogen) atoms. The second kappa shape index (κ2) is 4.13. The molecule has 1 unspecified atom stereocenters. The van der Waals surface area contributed by atoms with Crippen molar-refractivity contribution in [2.45, 2.75) is 37.6 Å². The van der Waals surface area contributed by atoms with Crippen LogP contribution in [0.1, 0.15) is 6.92 Å². The van der Waals surface area contributed by atoms with Gasteiger partial charge in [0.25, 0.3) is 0 Å². The molecule has 5 atom stereocenters. The van der Waals surface area contributed by atoms with Gasteiger partial charge in [0, 0.05) is 0 Å². The monoisotopic (exact) mass is 182 g/mol. The predicted octanol–water partition coefficient (Wildman–Crippen LogP) is -3.02. The van der Waals surface area contributed by atoms with E-state index in [1.54, 1.807) is 0 Å². The van der Waals surface area contributed by atoms with Gasteiger partial charge in [0.2, 0.25) is 0 Å². The lowest BCUT2D eigenvalue weighted by molar-refractivity contribution is -0.277. The highest BCUT2D eigenvalue weighted by atomic mass is 16.6. The Balaban J connectivity index is 0.00000121. The molecule has 1 aliphatic heterocycles. The van der Waals surface area contributed by atoms with E-state index in [4.69, 9.17) is 20.4 Å². The van der Waals surface area contributed by atoms with E-state index in [1.165, 1.54) is 6.92 Å². The van der Waals surface area contributed by atoms with E-state index in [9.17, 15) is 0 Å². The van der Waals surface area contributed by atoms with Crippen LogP contribution in [0.3, 0.4) is 0 Å². The Morgan fingerprint density at radius 1 is 0.917 bits per heavy atom. The summed E-state index contributed by atoms with van der Waals surface area (Å²) in [5, 5.41) is 36.0. The van der Waals surface area contributed by atoms with Gasteiger partial charge in [0.15, 0.2) is 6.29 Å². The molecule has 1 heterocycles. The third kappa shape index (κ3) is 1.92. The molecule has 0 aromatic heterocycles. The van der Waals surface area contributed by atoms with Crippen molar-refractivity contribution in [3.8, 4) is 0 Å². The van der Waals surface area contributed by atoms with Crippen LogP contribution in [-0.2, 0) is 4.74 Å². The topological polar surface area (TPSA) is 122 Å². The van der Waals surface area contributed by atoms with Gasteiger partial charge in [-0.15, -0.1) is 0 Å². The quantitative estimate of drug-likeness (QED) is 0.317. The lowest BCUT2D eigenvalue weighted by Crippen LogP contribution is -2.56. The second-order valence-electron chi connectivity index (χ2n) is 2.70. The summed E-state index contributed by atoms with van der Waals surface area (Å²) in [4.78, 5) is 0. The molecule has 1 aliphatic rings. The molecule has 0 radical (unpaired) electrons. The standard InChI is InChI=1S/C6H12O5.H2O/c1-2-3(7)4(8)5(9)6(10)11-2;/h2-10H,1H3;1H2/t2-,3+,4-,5-,6?;/m1./s1. The van der Waals surface area contributed by atoms with Crippen molar-refractivity contribution in [1.29, 1.82) is 0 Å². The third-order valence-corrected chi connectivity index (χ3v) is 1.83. The predicted molar refractivity (Wildman–Crippen MR) is 38.2 cm³/mol. The SMILES string of the molecule is C[C@H]1OC(O)[C@H](O)[C@H](O)[C@H]1O.O. The summed E-state index contributed by atoms with van der Waals surface area (Å²) in [6.45, 7) is 1.50. The van der Waals surface area contributed by atoms with Crippen LogP contribution in [-0.4, -0.2) is 56.6 Å². The molecule has 1 saturated heterocycles. The minimum Gasteiger partial charge on any atom is -0.412 e. The first-order valence-electron chi connectivity index (χ1n) is 3.41. The zero-order chi connectivity index (χ0) is 8.59. The summed E-state index contributed by atoms with van der Waals surface area (Å²) < 4.78 is 4.68. The van der Waals surface area contributed by atoms with Crippen LogP contribution < -0.4 is 0 Å². The number of hydrogen-bond acceptors (Lipinski definition) is 5. The van der Waals surface area contributed by atoms with Gasteiger partial charge in [0.1, 0.15) is 18.3 Å². The van der Waals surface area contributed by atoms with Gasteiger partial charge in [-0.2, -0.15) is 0 Å². The lowest BCUT2D eigenvalue weighted by atomic mass is 10.0. The normalized spacial score (nSPS) is 48.2. The summed E-state index contributed by atoms with van der Waals surface area (Å²) in [5.41, 5.74) is 0. The maximum Gasteiger partial charge on any atom is 0.183 e. The highest BCUT2D eigenvalue weighted by Gasteiger charge is 2.40. The van der Waals surface area contributed by atoms with Crippen molar-refractivity contribution in [2.75, 3.05) is 0 Å².